The number of nitrogens with zero attached hydrogens (tertiary/aromatic N) is 4. The second-order valence-corrected chi connectivity index (χ2v) is 23.4. The van der Waals surface area contributed by atoms with E-state index in [0.717, 1.165) is 77.5 Å². The van der Waals surface area contributed by atoms with Gasteiger partial charge < -0.3 is 18.3 Å². The topological polar surface area (TPSA) is 19.7 Å². The number of para-hydroxylation sites is 4. The molecule has 0 aliphatic rings. The Morgan fingerprint density at radius 3 is 0.768 bits per heavy atom. The molecule has 14 rings (SSSR count). The molecule has 82 heavy (non-hydrogen) atoms. The monoisotopic (exact) mass is 1070 g/mol. The summed E-state index contributed by atoms with van der Waals surface area (Å²) in [6.07, 6.45) is 9.22. The van der Waals surface area contributed by atoms with Gasteiger partial charge in [-0.3, -0.25) is 0 Å². The van der Waals surface area contributed by atoms with Gasteiger partial charge in [0, 0.05) is 113 Å². The van der Waals surface area contributed by atoms with Crippen LogP contribution in [0.4, 0.5) is 0 Å². The number of unbranched alkanes of at least 4 members (excludes halogenated alkanes) is 4. The first-order valence-electron chi connectivity index (χ1n) is 30.7. The standard InChI is InChI=1S/C78H74N4/c1-7-11-39-79-71-27-19-15-23-59(71)67-43-53(31-35-75(67)79)57-47-63(55-33-37-77-69(45-55)61-25-17-21-29-73(61)81(77)41-13-9-3)51(5)65(49-57)66-50-58(54-32-36-76-68(44-54)60-24-16-20-28-72(60)80(76)40-12-8-2)48-64(52(66)6)56-34-38-78-70(46-56)62-26-18-22-30-74(62)82(78)42-14-10-4/h15-38,43-50H,7-14,39-42H2,1-6H3. The van der Waals surface area contributed by atoms with Crippen molar-refractivity contribution in [3.05, 3.63) is 205 Å². The van der Waals surface area contributed by atoms with Gasteiger partial charge in [-0.1, -0.05) is 150 Å². The van der Waals surface area contributed by atoms with Gasteiger partial charge in [-0.05, 0) is 203 Å². The zero-order valence-corrected chi connectivity index (χ0v) is 48.7. The summed E-state index contributed by atoms with van der Waals surface area (Å²) in [6.45, 7) is 18.0. The fourth-order valence-electron chi connectivity index (χ4n) is 14.1. The summed E-state index contributed by atoms with van der Waals surface area (Å²) in [5.41, 5.74) is 25.5. The first kappa shape index (κ1) is 51.5. The molecule has 4 heteroatoms. The maximum atomic E-state index is 2.55. The van der Waals surface area contributed by atoms with Crippen LogP contribution in [0.3, 0.4) is 0 Å². The zero-order chi connectivity index (χ0) is 55.6. The van der Waals surface area contributed by atoms with Crippen LogP contribution in [0.15, 0.2) is 194 Å². The maximum Gasteiger partial charge on any atom is 0.0491 e. The van der Waals surface area contributed by atoms with E-state index in [2.05, 4.69) is 254 Å². The van der Waals surface area contributed by atoms with Gasteiger partial charge >= 0.3 is 0 Å². The van der Waals surface area contributed by atoms with Crippen LogP contribution in [0.5, 0.6) is 0 Å². The number of hydrogen-bond acceptors (Lipinski definition) is 0. The van der Waals surface area contributed by atoms with E-state index in [1.807, 2.05) is 0 Å². The normalized spacial score (nSPS) is 12.1. The van der Waals surface area contributed by atoms with E-state index < -0.39 is 0 Å². The molecule has 4 heterocycles. The highest BCUT2D eigenvalue weighted by Gasteiger charge is 2.22. The summed E-state index contributed by atoms with van der Waals surface area (Å²) in [7, 11) is 0. The van der Waals surface area contributed by atoms with Gasteiger partial charge in [0.2, 0.25) is 0 Å². The molecule has 4 aromatic heterocycles. The molecule has 0 radical (unpaired) electrons. The van der Waals surface area contributed by atoms with Gasteiger partial charge in [-0.15, -0.1) is 0 Å². The number of rotatable bonds is 17. The van der Waals surface area contributed by atoms with Crippen LogP contribution in [0.2, 0.25) is 0 Å². The largest absolute Gasteiger partial charge is 0.340 e. The Hall–Kier alpha value is -8.60. The molecule has 14 aromatic rings. The molecule has 0 fully saturated rings. The third kappa shape index (κ3) is 8.55. The minimum absolute atomic E-state index is 1.01. The Labute approximate surface area is 482 Å². The van der Waals surface area contributed by atoms with Crippen molar-refractivity contribution in [3.63, 3.8) is 0 Å². The Bertz CT molecular complexity index is 4470. The molecule has 0 saturated carbocycles. The van der Waals surface area contributed by atoms with Gasteiger partial charge in [-0.2, -0.15) is 0 Å². The Morgan fingerprint density at radius 2 is 0.476 bits per heavy atom. The smallest absolute Gasteiger partial charge is 0.0491 e. The molecule has 0 saturated heterocycles. The molecule has 10 aromatic carbocycles. The maximum absolute atomic E-state index is 2.55. The quantitative estimate of drug-likeness (QED) is 0.0866. The molecule has 0 bridgehead atoms. The van der Waals surface area contributed by atoms with Crippen molar-refractivity contribution in [1.82, 2.24) is 18.3 Å². The van der Waals surface area contributed by atoms with E-state index in [1.165, 1.54) is 154 Å². The summed E-state index contributed by atoms with van der Waals surface area (Å²) in [6, 6.07) is 75.3. The minimum Gasteiger partial charge on any atom is -0.340 e. The first-order chi connectivity index (χ1) is 40.3. The van der Waals surface area contributed by atoms with Gasteiger partial charge in [0.15, 0.2) is 0 Å². The van der Waals surface area contributed by atoms with Gasteiger partial charge in [-0.25, -0.2) is 0 Å². The summed E-state index contributed by atoms with van der Waals surface area (Å²) in [5, 5.41) is 10.5. The predicted molar refractivity (Wildman–Crippen MR) is 355 cm³/mol. The molecule has 0 aliphatic carbocycles. The molecular formula is C78H74N4. The number of aromatic nitrogens is 4. The number of aryl methyl sites for hydroxylation is 4. The lowest BCUT2D eigenvalue weighted by atomic mass is 9.83. The van der Waals surface area contributed by atoms with Crippen molar-refractivity contribution in [1.29, 1.82) is 0 Å². The average Bonchev–Trinajstić information content (AvgIpc) is 3.45. The van der Waals surface area contributed by atoms with Crippen molar-refractivity contribution in [3.8, 4) is 55.6 Å². The number of fused-ring (bicyclic) bond motifs is 12. The molecule has 0 unspecified atom stereocenters. The molecule has 0 atom stereocenters. The van der Waals surface area contributed by atoms with E-state index in [-0.39, 0.29) is 0 Å². The van der Waals surface area contributed by atoms with Crippen LogP contribution in [-0.4, -0.2) is 18.3 Å². The van der Waals surface area contributed by atoms with E-state index in [4.69, 9.17) is 0 Å². The molecule has 406 valence electrons. The molecule has 0 N–H and O–H groups in total. The SMILES string of the molecule is CCCCn1c2ccccc2c2cc(-c3cc(-c4ccc5c(c4)c4ccccc4n5CCCC)c(C)c(-c4cc(-c5ccc6c(c5)c5ccccc5n6CCCC)cc(-c5ccc6c(c5)c5ccccc5n6CCCC)c4C)c3)ccc21. The van der Waals surface area contributed by atoms with Crippen LogP contribution in [0.25, 0.3) is 143 Å². The molecular weight excluding hydrogens is 993 g/mol. The Balaban J connectivity index is 1.04. The van der Waals surface area contributed by atoms with Crippen LogP contribution in [-0.2, 0) is 26.2 Å². The third-order valence-corrected chi connectivity index (χ3v) is 18.4. The second-order valence-electron chi connectivity index (χ2n) is 23.4. The highest BCUT2D eigenvalue weighted by Crippen LogP contribution is 2.46. The number of hydrogen-bond donors (Lipinski definition) is 0. The van der Waals surface area contributed by atoms with Crippen molar-refractivity contribution >= 4 is 87.2 Å². The second kappa shape index (κ2) is 21.4. The molecule has 0 spiro atoms. The third-order valence-electron chi connectivity index (χ3n) is 18.4. The Morgan fingerprint density at radius 1 is 0.232 bits per heavy atom. The average molecular weight is 1070 g/mol. The van der Waals surface area contributed by atoms with Crippen molar-refractivity contribution in [2.75, 3.05) is 0 Å². The van der Waals surface area contributed by atoms with E-state index in [0.29, 0.717) is 0 Å². The van der Waals surface area contributed by atoms with Gasteiger partial charge in [0.1, 0.15) is 0 Å². The van der Waals surface area contributed by atoms with Gasteiger partial charge in [0.25, 0.3) is 0 Å². The number of benzene rings is 10. The Kier molecular flexibility index (Phi) is 13.4. The summed E-state index contributed by atoms with van der Waals surface area (Å²) >= 11 is 0. The van der Waals surface area contributed by atoms with E-state index >= 15 is 0 Å². The molecule has 4 nitrogen and oxygen atoms in total. The van der Waals surface area contributed by atoms with Crippen LogP contribution in [0, 0.1) is 13.8 Å². The lowest BCUT2D eigenvalue weighted by molar-refractivity contribution is 0.665. The molecule has 0 amide bonds. The lowest BCUT2D eigenvalue weighted by Crippen LogP contribution is -1.98. The summed E-state index contributed by atoms with van der Waals surface area (Å²) in [5.74, 6) is 0. The lowest BCUT2D eigenvalue weighted by Gasteiger charge is -2.21. The minimum atomic E-state index is 1.01. The summed E-state index contributed by atoms with van der Waals surface area (Å²) in [4.78, 5) is 0. The fourth-order valence-corrected chi connectivity index (χ4v) is 14.1. The van der Waals surface area contributed by atoms with Crippen LogP contribution in [0.1, 0.15) is 90.2 Å². The predicted octanol–water partition coefficient (Wildman–Crippen LogP) is 22.3. The van der Waals surface area contributed by atoms with Crippen LogP contribution < -0.4 is 0 Å². The highest BCUT2D eigenvalue weighted by molar-refractivity contribution is 6.13. The fraction of sp³-hybridized carbons (Fsp3) is 0.231. The van der Waals surface area contributed by atoms with Crippen LogP contribution >= 0.6 is 0 Å². The highest BCUT2D eigenvalue weighted by atomic mass is 15.0. The van der Waals surface area contributed by atoms with Crippen molar-refractivity contribution < 1.29 is 0 Å². The van der Waals surface area contributed by atoms with Crippen molar-refractivity contribution in [2.45, 2.75) is 119 Å². The van der Waals surface area contributed by atoms with Gasteiger partial charge in [0.05, 0.1) is 0 Å². The first-order valence-corrected chi connectivity index (χ1v) is 30.7. The summed E-state index contributed by atoms with van der Waals surface area (Å²) < 4.78 is 10.2. The van der Waals surface area contributed by atoms with E-state index in [9.17, 15) is 0 Å². The zero-order valence-electron chi connectivity index (χ0n) is 48.7. The van der Waals surface area contributed by atoms with Crippen molar-refractivity contribution in [2.24, 2.45) is 0 Å². The molecule has 0 aliphatic heterocycles. The van der Waals surface area contributed by atoms with E-state index in [1.54, 1.807) is 0 Å².